The molecular formula is C14H16N2O. The van der Waals surface area contributed by atoms with Crippen molar-refractivity contribution in [2.75, 3.05) is 0 Å². The number of rotatable bonds is 2. The number of nitrogens with zero attached hydrogens (tertiary/aromatic N) is 2. The summed E-state index contributed by atoms with van der Waals surface area (Å²) < 4.78 is 1.82. The molecule has 0 atom stereocenters. The van der Waals surface area contributed by atoms with Crippen LogP contribution in [-0.2, 0) is 7.05 Å². The highest BCUT2D eigenvalue weighted by atomic mass is 16.1. The predicted molar refractivity (Wildman–Crippen MR) is 68.2 cm³/mol. The fraction of sp³-hybridized carbons (Fsp3) is 0.286. The van der Waals surface area contributed by atoms with Crippen LogP contribution >= 0.6 is 0 Å². The van der Waals surface area contributed by atoms with Crippen LogP contribution < -0.4 is 0 Å². The number of imidazole rings is 1. The summed E-state index contributed by atoms with van der Waals surface area (Å²) in [6.45, 7) is 6.00. The highest BCUT2D eigenvalue weighted by Crippen LogP contribution is 2.26. The Kier molecular flexibility index (Phi) is 2.84. The second kappa shape index (κ2) is 4.17. The van der Waals surface area contributed by atoms with Gasteiger partial charge >= 0.3 is 0 Å². The molecular weight excluding hydrogens is 212 g/mol. The van der Waals surface area contributed by atoms with Crippen molar-refractivity contribution in [1.29, 1.82) is 0 Å². The Labute approximate surface area is 101 Å². The molecule has 2 aromatic rings. The lowest BCUT2D eigenvalue weighted by Gasteiger charge is -2.05. The SMILES string of the molecule is Cc1ccc(-c2nc(C)n(C)c2C=O)c(C)c1. The molecule has 2 rings (SSSR count). The van der Waals surface area contributed by atoms with Gasteiger partial charge in [0.25, 0.3) is 0 Å². The number of aldehydes is 1. The summed E-state index contributed by atoms with van der Waals surface area (Å²) >= 11 is 0. The van der Waals surface area contributed by atoms with Gasteiger partial charge in [-0.15, -0.1) is 0 Å². The van der Waals surface area contributed by atoms with E-state index in [4.69, 9.17) is 0 Å². The van der Waals surface area contributed by atoms with E-state index in [-0.39, 0.29) is 0 Å². The van der Waals surface area contributed by atoms with Crippen molar-refractivity contribution in [2.24, 2.45) is 7.05 Å². The van der Waals surface area contributed by atoms with Crippen LogP contribution in [0.15, 0.2) is 18.2 Å². The van der Waals surface area contributed by atoms with Crippen molar-refractivity contribution in [1.82, 2.24) is 9.55 Å². The van der Waals surface area contributed by atoms with Gasteiger partial charge in [-0.25, -0.2) is 4.98 Å². The number of aryl methyl sites for hydroxylation is 3. The molecule has 0 saturated carbocycles. The van der Waals surface area contributed by atoms with E-state index >= 15 is 0 Å². The van der Waals surface area contributed by atoms with E-state index in [9.17, 15) is 4.79 Å². The molecule has 17 heavy (non-hydrogen) atoms. The zero-order valence-corrected chi connectivity index (χ0v) is 10.6. The topological polar surface area (TPSA) is 34.9 Å². The van der Waals surface area contributed by atoms with E-state index in [0.717, 1.165) is 28.9 Å². The molecule has 3 heteroatoms. The summed E-state index contributed by atoms with van der Waals surface area (Å²) in [5.74, 6) is 0.849. The van der Waals surface area contributed by atoms with Crippen molar-refractivity contribution < 1.29 is 4.79 Å². The third-order valence-electron chi connectivity index (χ3n) is 3.11. The molecule has 88 valence electrons. The first-order valence-corrected chi connectivity index (χ1v) is 5.60. The third-order valence-corrected chi connectivity index (χ3v) is 3.11. The third kappa shape index (κ3) is 1.88. The predicted octanol–water partition coefficient (Wildman–Crippen LogP) is 2.82. The second-order valence-corrected chi connectivity index (χ2v) is 4.39. The maximum absolute atomic E-state index is 11.2. The van der Waals surface area contributed by atoms with Gasteiger partial charge in [-0.2, -0.15) is 0 Å². The van der Waals surface area contributed by atoms with Gasteiger partial charge in [0.15, 0.2) is 6.29 Å². The number of aromatic nitrogens is 2. The zero-order valence-electron chi connectivity index (χ0n) is 10.6. The first-order chi connectivity index (χ1) is 8.04. The van der Waals surface area contributed by atoms with Gasteiger partial charge in [0.1, 0.15) is 11.5 Å². The monoisotopic (exact) mass is 228 g/mol. The Balaban J connectivity index is 2.68. The fourth-order valence-corrected chi connectivity index (χ4v) is 2.04. The lowest BCUT2D eigenvalue weighted by Crippen LogP contribution is -1.97. The minimum atomic E-state index is 0.634. The van der Waals surface area contributed by atoms with E-state index < -0.39 is 0 Å². The van der Waals surface area contributed by atoms with Crippen molar-refractivity contribution in [3.63, 3.8) is 0 Å². The molecule has 1 heterocycles. The van der Waals surface area contributed by atoms with Crippen LogP contribution in [0.25, 0.3) is 11.3 Å². The summed E-state index contributed by atoms with van der Waals surface area (Å²) in [5.41, 5.74) is 4.80. The number of carbonyl (C=O) groups excluding carboxylic acids is 1. The molecule has 3 nitrogen and oxygen atoms in total. The van der Waals surface area contributed by atoms with Gasteiger partial charge in [-0.3, -0.25) is 4.79 Å². The highest BCUT2D eigenvalue weighted by Gasteiger charge is 2.14. The average molecular weight is 228 g/mol. The highest BCUT2D eigenvalue weighted by molar-refractivity contribution is 5.85. The summed E-state index contributed by atoms with van der Waals surface area (Å²) in [4.78, 5) is 15.6. The minimum absolute atomic E-state index is 0.634. The van der Waals surface area contributed by atoms with Gasteiger partial charge in [0.05, 0.1) is 5.69 Å². The quantitative estimate of drug-likeness (QED) is 0.741. The van der Waals surface area contributed by atoms with Gasteiger partial charge in [0.2, 0.25) is 0 Å². The minimum Gasteiger partial charge on any atom is -0.329 e. The molecule has 1 aromatic carbocycles. The van der Waals surface area contributed by atoms with Crippen LogP contribution in [0.4, 0.5) is 0 Å². The Morgan fingerprint density at radius 1 is 1.24 bits per heavy atom. The van der Waals surface area contributed by atoms with Gasteiger partial charge in [0, 0.05) is 12.6 Å². The molecule has 0 fully saturated rings. The van der Waals surface area contributed by atoms with Crippen LogP contribution in [0.5, 0.6) is 0 Å². The van der Waals surface area contributed by atoms with Crippen molar-refractivity contribution >= 4 is 6.29 Å². The van der Waals surface area contributed by atoms with Crippen molar-refractivity contribution in [2.45, 2.75) is 20.8 Å². The lowest BCUT2D eigenvalue weighted by atomic mass is 10.0. The molecule has 0 unspecified atom stereocenters. The summed E-state index contributed by atoms with van der Waals surface area (Å²) in [6, 6.07) is 6.17. The van der Waals surface area contributed by atoms with Crippen LogP contribution in [-0.4, -0.2) is 15.8 Å². The molecule has 0 aliphatic rings. The van der Waals surface area contributed by atoms with E-state index in [1.807, 2.05) is 37.6 Å². The van der Waals surface area contributed by atoms with Gasteiger partial charge in [-0.05, 0) is 26.3 Å². The first-order valence-electron chi connectivity index (χ1n) is 5.60. The second-order valence-electron chi connectivity index (χ2n) is 4.39. The molecule has 0 bridgehead atoms. The number of benzene rings is 1. The van der Waals surface area contributed by atoms with Crippen LogP contribution in [0, 0.1) is 20.8 Å². The average Bonchev–Trinajstić information content (AvgIpc) is 2.55. The Hall–Kier alpha value is -1.90. The van der Waals surface area contributed by atoms with Crippen molar-refractivity contribution in [3.05, 3.63) is 40.8 Å². The van der Waals surface area contributed by atoms with Gasteiger partial charge < -0.3 is 4.57 Å². The summed E-state index contributed by atoms with van der Waals surface area (Å²) in [7, 11) is 1.86. The number of hydrogen-bond acceptors (Lipinski definition) is 2. The molecule has 0 aliphatic heterocycles. The van der Waals surface area contributed by atoms with Crippen LogP contribution in [0.1, 0.15) is 27.4 Å². The normalized spacial score (nSPS) is 10.6. The van der Waals surface area contributed by atoms with Crippen LogP contribution in [0.3, 0.4) is 0 Å². The van der Waals surface area contributed by atoms with E-state index in [2.05, 4.69) is 18.0 Å². The molecule has 0 aliphatic carbocycles. The van der Waals surface area contributed by atoms with E-state index in [0.29, 0.717) is 5.69 Å². The smallest absolute Gasteiger partial charge is 0.168 e. The number of carbonyl (C=O) groups is 1. The lowest BCUT2D eigenvalue weighted by molar-refractivity contribution is 0.111. The molecule has 0 saturated heterocycles. The number of hydrogen-bond donors (Lipinski definition) is 0. The summed E-state index contributed by atoms with van der Waals surface area (Å²) in [5, 5.41) is 0. The standard InChI is InChI=1S/C14H16N2O/c1-9-5-6-12(10(2)7-9)14-13(8-17)16(4)11(3)15-14/h5-8H,1-4H3. The molecule has 0 spiro atoms. The summed E-state index contributed by atoms with van der Waals surface area (Å²) in [6.07, 6.45) is 0.870. The van der Waals surface area contributed by atoms with Crippen molar-refractivity contribution in [3.8, 4) is 11.3 Å². The first kappa shape index (κ1) is 11.6. The molecule has 0 amide bonds. The van der Waals surface area contributed by atoms with Crippen LogP contribution in [0.2, 0.25) is 0 Å². The molecule has 0 radical (unpaired) electrons. The maximum atomic E-state index is 11.2. The maximum Gasteiger partial charge on any atom is 0.168 e. The fourth-order valence-electron chi connectivity index (χ4n) is 2.04. The van der Waals surface area contributed by atoms with E-state index in [1.165, 1.54) is 5.56 Å². The Bertz CT molecular complexity index is 582. The molecule has 1 aromatic heterocycles. The zero-order chi connectivity index (χ0) is 12.6. The largest absolute Gasteiger partial charge is 0.329 e. The van der Waals surface area contributed by atoms with Gasteiger partial charge in [-0.1, -0.05) is 23.8 Å². The van der Waals surface area contributed by atoms with E-state index in [1.54, 1.807) is 0 Å². The Morgan fingerprint density at radius 2 is 1.94 bits per heavy atom. The molecule has 0 N–H and O–H groups in total. The Morgan fingerprint density at radius 3 is 2.53 bits per heavy atom.